The second-order valence-electron chi connectivity index (χ2n) is 5.01. The van der Waals surface area contributed by atoms with Gasteiger partial charge < -0.3 is 9.67 Å². The predicted molar refractivity (Wildman–Crippen MR) is 71.2 cm³/mol. The molecule has 4 nitrogen and oxygen atoms in total. The largest absolute Gasteiger partial charge is 0.481 e. The Morgan fingerprint density at radius 1 is 1.55 bits per heavy atom. The first kappa shape index (κ1) is 13.1. The molecule has 20 heavy (non-hydrogen) atoms. The summed E-state index contributed by atoms with van der Waals surface area (Å²) in [5, 5.41) is 9.28. The van der Waals surface area contributed by atoms with Gasteiger partial charge in [-0.15, -0.1) is 0 Å². The molecule has 0 saturated heterocycles. The molecule has 1 aromatic carbocycles. The van der Waals surface area contributed by atoms with Crippen LogP contribution in [0.1, 0.15) is 23.5 Å². The fourth-order valence-electron chi connectivity index (χ4n) is 2.41. The van der Waals surface area contributed by atoms with Gasteiger partial charge in [0.25, 0.3) is 0 Å². The number of carboxylic acid groups (broad SMARTS) is 1. The second-order valence-corrected chi connectivity index (χ2v) is 5.40. The quantitative estimate of drug-likeness (QED) is 0.943. The highest BCUT2D eigenvalue weighted by atomic mass is 35.5. The number of hydrogen-bond donors (Lipinski definition) is 1. The molecule has 1 heterocycles. The average molecular weight is 295 g/mol. The number of rotatable bonds is 4. The summed E-state index contributed by atoms with van der Waals surface area (Å²) in [5.74, 6) is -1.83. The molecule has 2 atom stereocenters. The smallest absolute Gasteiger partial charge is 0.307 e. The fraction of sp³-hybridized carbons (Fsp3) is 0.286. The normalized spacial score (nSPS) is 20.9. The van der Waals surface area contributed by atoms with Gasteiger partial charge in [-0.25, -0.2) is 9.37 Å². The highest BCUT2D eigenvalue weighted by molar-refractivity contribution is 6.29. The lowest BCUT2D eigenvalue weighted by molar-refractivity contribution is -0.138. The molecule has 1 aliphatic rings. The van der Waals surface area contributed by atoms with Crippen LogP contribution in [-0.2, 0) is 11.3 Å². The van der Waals surface area contributed by atoms with E-state index < -0.39 is 11.9 Å². The van der Waals surface area contributed by atoms with Gasteiger partial charge in [0.05, 0.1) is 12.2 Å². The van der Waals surface area contributed by atoms with Crippen molar-refractivity contribution >= 4 is 17.6 Å². The van der Waals surface area contributed by atoms with Crippen LogP contribution in [-0.4, -0.2) is 20.6 Å². The zero-order chi connectivity index (χ0) is 14.3. The molecule has 6 heteroatoms. The molecule has 3 rings (SSSR count). The van der Waals surface area contributed by atoms with E-state index in [9.17, 15) is 9.18 Å². The molecule has 0 aliphatic heterocycles. The van der Waals surface area contributed by atoms with Crippen LogP contribution in [0.15, 0.2) is 30.7 Å². The molecule has 1 fully saturated rings. The Hall–Kier alpha value is -1.88. The Bertz CT molecular complexity index is 671. The van der Waals surface area contributed by atoms with E-state index in [0.717, 1.165) is 5.56 Å². The van der Waals surface area contributed by atoms with Crippen molar-refractivity contribution in [3.63, 3.8) is 0 Å². The van der Waals surface area contributed by atoms with Crippen molar-refractivity contribution in [2.45, 2.75) is 18.9 Å². The van der Waals surface area contributed by atoms with Crippen LogP contribution in [0.4, 0.5) is 4.39 Å². The molecule has 0 radical (unpaired) electrons. The maximum Gasteiger partial charge on any atom is 0.307 e. The summed E-state index contributed by atoms with van der Waals surface area (Å²) in [5.41, 5.74) is 1.28. The summed E-state index contributed by atoms with van der Waals surface area (Å²) >= 11 is 5.72. The minimum atomic E-state index is -0.855. The van der Waals surface area contributed by atoms with Gasteiger partial charge in [-0.05, 0) is 23.6 Å². The van der Waals surface area contributed by atoms with E-state index in [1.807, 2.05) is 6.07 Å². The molecular weight excluding hydrogens is 283 g/mol. The lowest BCUT2D eigenvalue weighted by Crippen LogP contribution is -2.01. The lowest BCUT2D eigenvalue weighted by Gasteiger charge is -2.06. The van der Waals surface area contributed by atoms with Gasteiger partial charge >= 0.3 is 5.97 Å². The molecule has 0 spiro atoms. The summed E-state index contributed by atoms with van der Waals surface area (Å²) in [4.78, 5) is 14.7. The maximum absolute atomic E-state index is 14.0. The number of nitrogens with zero attached hydrogens (tertiary/aromatic N) is 2. The number of hydrogen-bond acceptors (Lipinski definition) is 2. The monoisotopic (exact) mass is 294 g/mol. The third-order valence-corrected chi connectivity index (χ3v) is 3.73. The molecule has 1 saturated carbocycles. The number of aromatic nitrogens is 2. The standard InChI is InChI=1S/C14H12ClFN2O2/c15-13-6-18(7-17-13)5-8-1-2-9(12(16)3-8)10-4-11(10)14(19)20/h1-3,6-7,10-11H,4-5H2,(H,19,20)/t10?,11-/m0/s1. The van der Waals surface area contributed by atoms with Crippen molar-refractivity contribution in [1.82, 2.24) is 9.55 Å². The minimum absolute atomic E-state index is 0.191. The van der Waals surface area contributed by atoms with Crippen molar-refractivity contribution in [3.8, 4) is 0 Å². The number of imidazole rings is 1. The van der Waals surface area contributed by atoms with E-state index in [1.54, 1.807) is 23.2 Å². The second kappa shape index (κ2) is 4.90. The summed E-state index contributed by atoms with van der Waals surface area (Å²) in [6.07, 6.45) is 3.76. The first-order valence-corrected chi connectivity index (χ1v) is 6.61. The lowest BCUT2D eigenvalue weighted by atomic mass is 10.1. The van der Waals surface area contributed by atoms with E-state index in [0.29, 0.717) is 23.7 Å². The van der Waals surface area contributed by atoms with Gasteiger partial charge in [0.15, 0.2) is 0 Å². The molecule has 1 aliphatic carbocycles. The third kappa shape index (κ3) is 2.54. The number of carboxylic acids is 1. The van der Waals surface area contributed by atoms with Crippen molar-refractivity contribution in [3.05, 3.63) is 52.8 Å². The van der Waals surface area contributed by atoms with Gasteiger partial charge in [-0.1, -0.05) is 23.7 Å². The molecule has 104 valence electrons. The zero-order valence-electron chi connectivity index (χ0n) is 10.5. The first-order chi connectivity index (χ1) is 9.54. The predicted octanol–water partition coefficient (Wildman–Crippen LogP) is 2.91. The maximum atomic E-state index is 14.0. The van der Waals surface area contributed by atoms with Crippen molar-refractivity contribution in [2.75, 3.05) is 0 Å². The Labute approximate surface area is 119 Å². The molecule has 0 amide bonds. The summed E-state index contributed by atoms with van der Waals surface area (Å²) < 4.78 is 15.8. The summed E-state index contributed by atoms with van der Waals surface area (Å²) in [6.45, 7) is 0.476. The molecule has 1 aromatic heterocycles. The van der Waals surface area contributed by atoms with Gasteiger partial charge in [0.1, 0.15) is 11.0 Å². The molecule has 1 N–H and O–H groups in total. The topological polar surface area (TPSA) is 55.1 Å². The van der Waals surface area contributed by atoms with Crippen LogP contribution in [0.25, 0.3) is 0 Å². The van der Waals surface area contributed by atoms with Crippen molar-refractivity contribution in [1.29, 1.82) is 0 Å². The molecule has 0 bridgehead atoms. The first-order valence-electron chi connectivity index (χ1n) is 6.23. The summed E-state index contributed by atoms with van der Waals surface area (Å²) in [7, 11) is 0. The van der Waals surface area contributed by atoms with Gasteiger partial charge in [0, 0.05) is 18.7 Å². The van der Waals surface area contributed by atoms with Crippen LogP contribution in [0.3, 0.4) is 0 Å². The number of aliphatic carboxylic acids is 1. The van der Waals surface area contributed by atoms with E-state index in [4.69, 9.17) is 16.7 Å². The zero-order valence-corrected chi connectivity index (χ0v) is 11.2. The Morgan fingerprint density at radius 2 is 2.35 bits per heavy atom. The van der Waals surface area contributed by atoms with Gasteiger partial charge in [0.2, 0.25) is 0 Å². The highest BCUT2D eigenvalue weighted by Crippen LogP contribution is 2.48. The van der Waals surface area contributed by atoms with Crippen LogP contribution >= 0.6 is 11.6 Å². The van der Waals surface area contributed by atoms with Gasteiger partial charge in [-0.2, -0.15) is 0 Å². The van der Waals surface area contributed by atoms with E-state index in [-0.39, 0.29) is 11.7 Å². The van der Waals surface area contributed by atoms with E-state index >= 15 is 0 Å². The number of halogens is 2. The van der Waals surface area contributed by atoms with Crippen LogP contribution in [0.5, 0.6) is 0 Å². The Kier molecular flexibility index (Phi) is 3.22. The van der Waals surface area contributed by atoms with Crippen molar-refractivity contribution in [2.24, 2.45) is 5.92 Å². The van der Waals surface area contributed by atoms with Crippen LogP contribution < -0.4 is 0 Å². The summed E-state index contributed by atoms with van der Waals surface area (Å²) in [6, 6.07) is 4.93. The van der Waals surface area contributed by atoms with Crippen LogP contribution in [0.2, 0.25) is 5.15 Å². The van der Waals surface area contributed by atoms with Crippen molar-refractivity contribution < 1.29 is 14.3 Å². The minimum Gasteiger partial charge on any atom is -0.481 e. The molecular formula is C14H12ClFN2O2. The number of carbonyl (C=O) groups is 1. The Balaban J connectivity index is 1.76. The average Bonchev–Trinajstić information content (AvgIpc) is 3.07. The Morgan fingerprint density at radius 3 is 2.90 bits per heavy atom. The van der Waals surface area contributed by atoms with Crippen LogP contribution in [0, 0.1) is 11.7 Å². The highest BCUT2D eigenvalue weighted by Gasteiger charge is 2.45. The fourth-order valence-corrected chi connectivity index (χ4v) is 2.58. The third-order valence-electron chi connectivity index (χ3n) is 3.54. The SMILES string of the molecule is O=C(O)[C@H]1CC1c1ccc(Cn2cnc(Cl)c2)cc1F. The number of benzene rings is 1. The van der Waals surface area contributed by atoms with E-state index in [2.05, 4.69) is 4.98 Å². The van der Waals surface area contributed by atoms with Gasteiger partial charge in [-0.3, -0.25) is 4.79 Å². The molecule has 2 aromatic rings. The molecule has 1 unspecified atom stereocenters. The van der Waals surface area contributed by atoms with E-state index in [1.165, 1.54) is 6.07 Å².